The molecular formula is C9H8F3NO2. The van der Waals surface area contributed by atoms with Crippen LogP contribution in [0.25, 0.3) is 0 Å². The Hall–Kier alpha value is -1.59. The Morgan fingerprint density at radius 3 is 2.40 bits per heavy atom. The first-order chi connectivity index (χ1) is 6.86. The molecule has 0 unspecified atom stereocenters. The summed E-state index contributed by atoms with van der Waals surface area (Å²) in [7, 11) is 1.14. The quantitative estimate of drug-likeness (QED) is 0.679. The number of nitrogens with zero attached hydrogens (tertiary/aromatic N) is 1. The third-order valence-electron chi connectivity index (χ3n) is 1.79. The molecule has 0 aliphatic carbocycles. The zero-order chi connectivity index (χ0) is 11.6. The van der Waals surface area contributed by atoms with Crippen LogP contribution in [0.1, 0.15) is 21.7 Å². The van der Waals surface area contributed by atoms with E-state index in [-0.39, 0.29) is 11.4 Å². The molecule has 3 nitrogen and oxygen atoms in total. The SMILES string of the molecule is COC(=O)c1ccc(C(F)(F)F)c(C)n1. The fourth-order valence-corrected chi connectivity index (χ4v) is 1.08. The molecule has 0 radical (unpaired) electrons. The van der Waals surface area contributed by atoms with Gasteiger partial charge in [0, 0.05) is 0 Å². The van der Waals surface area contributed by atoms with E-state index < -0.39 is 17.7 Å². The van der Waals surface area contributed by atoms with Crippen molar-refractivity contribution in [2.75, 3.05) is 7.11 Å². The van der Waals surface area contributed by atoms with E-state index in [1.165, 1.54) is 6.92 Å². The second kappa shape index (κ2) is 3.88. The molecule has 0 saturated carbocycles. The van der Waals surface area contributed by atoms with Crippen LogP contribution < -0.4 is 0 Å². The van der Waals surface area contributed by atoms with E-state index in [0.717, 1.165) is 19.2 Å². The summed E-state index contributed by atoms with van der Waals surface area (Å²) in [4.78, 5) is 14.5. The zero-order valence-electron chi connectivity index (χ0n) is 8.05. The summed E-state index contributed by atoms with van der Waals surface area (Å²) >= 11 is 0. The highest BCUT2D eigenvalue weighted by Crippen LogP contribution is 2.30. The fourth-order valence-electron chi connectivity index (χ4n) is 1.08. The average molecular weight is 219 g/mol. The molecule has 82 valence electrons. The molecule has 6 heteroatoms. The van der Waals surface area contributed by atoms with E-state index in [2.05, 4.69) is 9.72 Å². The maximum absolute atomic E-state index is 12.3. The van der Waals surface area contributed by atoms with E-state index in [9.17, 15) is 18.0 Å². The number of ether oxygens (including phenoxy) is 1. The second-order valence-electron chi connectivity index (χ2n) is 2.82. The summed E-state index contributed by atoms with van der Waals surface area (Å²) in [6.07, 6.45) is -4.45. The van der Waals surface area contributed by atoms with E-state index >= 15 is 0 Å². The van der Waals surface area contributed by atoms with Crippen LogP contribution in [0.4, 0.5) is 13.2 Å². The van der Waals surface area contributed by atoms with Crippen LogP contribution in [0.5, 0.6) is 0 Å². The summed E-state index contributed by atoms with van der Waals surface area (Å²) < 4.78 is 41.3. The average Bonchev–Trinajstić information content (AvgIpc) is 2.14. The monoisotopic (exact) mass is 219 g/mol. The third kappa shape index (κ3) is 2.45. The summed E-state index contributed by atoms with van der Waals surface area (Å²) in [5.74, 6) is -0.758. The summed E-state index contributed by atoms with van der Waals surface area (Å²) in [6, 6.07) is 1.80. The van der Waals surface area contributed by atoms with Crippen molar-refractivity contribution in [3.63, 3.8) is 0 Å². The molecule has 1 heterocycles. The summed E-state index contributed by atoms with van der Waals surface area (Å²) in [5.41, 5.74) is -1.23. The number of aryl methyl sites for hydroxylation is 1. The molecule has 15 heavy (non-hydrogen) atoms. The molecule has 0 bridgehead atoms. The van der Waals surface area contributed by atoms with Crippen molar-refractivity contribution in [2.45, 2.75) is 13.1 Å². The van der Waals surface area contributed by atoms with Crippen LogP contribution >= 0.6 is 0 Å². The minimum Gasteiger partial charge on any atom is -0.464 e. The number of pyridine rings is 1. The highest BCUT2D eigenvalue weighted by molar-refractivity contribution is 5.87. The van der Waals surface area contributed by atoms with E-state index in [0.29, 0.717) is 0 Å². The minimum absolute atomic E-state index is 0.136. The van der Waals surface area contributed by atoms with Gasteiger partial charge < -0.3 is 4.74 Å². The smallest absolute Gasteiger partial charge is 0.418 e. The Morgan fingerprint density at radius 2 is 2.00 bits per heavy atom. The molecule has 1 rings (SSSR count). The van der Waals surface area contributed by atoms with E-state index in [4.69, 9.17) is 0 Å². The number of rotatable bonds is 1. The lowest BCUT2D eigenvalue weighted by molar-refractivity contribution is -0.138. The van der Waals surface area contributed by atoms with Crippen molar-refractivity contribution in [3.8, 4) is 0 Å². The Balaban J connectivity index is 3.15. The maximum Gasteiger partial charge on any atom is 0.418 e. The lowest BCUT2D eigenvalue weighted by Crippen LogP contribution is -2.12. The molecule has 0 aliphatic rings. The van der Waals surface area contributed by atoms with Crippen molar-refractivity contribution in [2.24, 2.45) is 0 Å². The molecule has 0 aromatic carbocycles. The number of carbonyl (C=O) groups excluding carboxylic acids is 1. The maximum atomic E-state index is 12.3. The molecule has 1 aromatic rings. The molecular weight excluding hydrogens is 211 g/mol. The highest BCUT2D eigenvalue weighted by Gasteiger charge is 2.33. The van der Waals surface area contributed by atoms with Gasteiger partial charge in [0.15, 0.2) is 0 Å². The van der Waals surface area contributed by atoms with Gasteiger partial charge in [0.1, 0.15) is 5.69 Å². The molecule has 0 saturated heterocycles. The van der Waals surface area contributed by atoms with Gasteiger partial charge in [0.25, 0.3) is 0 Å². The number of hydrogen-bond donors (Lipinski definition) is 0. The lowest BCUT2D eigenvalue weighted by Gasteiger charge is -2.09. The highest BCUT2D eigenvalue weighted by atomic mass is 19.4. The Labute approximate surface area is 83.9 Å². The van der Waals surface area contributed by atoms with Gasteiger partial charge in [-0.1, -0.05) is 0 Å². The second-order valence-corrected chi connectivity index (χ2v) is 2.82. The predicted octanol–water partition coefficient (Wildman–Crippen LogP) is 2.20. The topological polar surface area (TPSA) is 39.2 Å². The van der Waals surface area contributed by atoms with Crippen molar-refractivity contribution in [3.05, 3.63) is 29.1 Å². The lowest BCUT2D eigenvalue weighted by atomic mass is 10.2. The summed E-state index contributed by atoms with van der Waals surface area (Å²) in [5, 5.41) is 0. The van der Waals surface area contributed by atoms with Crippen LogP contribution in [-0.4, -0.2) is 18.1 Å². The van der Waals surface area contributed by atoms with E-state index in [1.807, 2.05) is 0 Å². The molecule has 1 aromatic heterocycles. The number of carbonyl (C=O) groups is 1. The zero-order valence-corrected chi connectivity index (χ0v) is 8.05. The number of methoxy groups -OCH3 is 1. The fraction of sp³-hybridized carbons (Fsp3) is 0.333. The Morgan fingerprint density at radius 1 is 1.40 bits per heavy atom. The first-order valence-corrected chi connectivity index (χ1v) is 3.99. The van der Waals surface area contributed by atoms with Crippen LogP contribution in [-0.2, 0) is 10.9 Å². The Kier molecular flexibility index (Phi) is 2.97. The van der Waals surface area contributed by atoms with Crippen LogP contribution in [0, 0.1) is 6.92 Å². The van der Waals surface area contributed by atoms with Crippen molar-refractivity contribution in [1.29, 1.82) is 0 Å². The van der Waals surface area contributed by atoms with Crippen molar-refractivity contribution >= 4 is 5.97 Å². The standard InChI is InChI=1S/C9H8F3NO2/c1-5-6(9(10,11)12)3-4-7(13-5)8(14)15-2/h3-4H,1-2H3. The normalized spacial score (nSPS) is 11.3. The van der Waals surface area contributed by atoms with Crippen LogP contribution in [0.2, 0.25) is 0 Å². The van der Waals surface area contributed by atoms with Gasteiger partial charge in [-0.05, 0) is 19.1 Å². The number of hydrogen-bond acceptors (Lipinski definition) is 3. The molecule has 0 atom stereocenters. The van der Waals surface area contributed by atoms with Gasteiger partial charge in [-0.2, -0.15) is 13.2 Å². The molecule has 0 aliphatic heterocycles. The third-order valence-corrected chi connectivity index (χ3v) is 1.79. The number of aromatic nitrogens is 1. The summed E-state index contributed by atoms with van der Waals surface area (Å²) in [6.45, 7) is 1.19. The molecule has 0 fully saturated rings. The first-order valence-electron chi connectivity index (χ1n) is 3.99. The number of esters is 1. The van der Waals surface area contributed by atoms with Gasteiger partial charge in [-0.3, -0.25) is 0 Å². The Bertz CT molecular complexity index is 387. The van der Waals surface area contributed by atoms with Gasteiger partial charge in [-0.25, -0.2) is 9.78 Å². The van der Waals surface area contributed by atoms with Crippen molar-refractivity contribution in [1.82, 2.24) is 4.98 Å². The molecule has 0 spiro atoms. The number of alkyl halides is 3. The van der Waals surface area contributed by atoms with Crippen LogP contribution in [0.15, 0.2) is 12.1 Å². The van der Waals surface area contributed by atoms with Gasteiger partial charge >= 0.3 is 12.1 Å². The van der Waals surface area contributed by atoms with Crippen LogP contribution in [0.3, 0.4) is 0 Å². The molecule has 0 amide bonds. The van der Waals surface area contributed by atoms with E-state index in [1.54, 1.807) is 0 Å². The van der Waals surface area contributed by atoms with Gasteiger partial charge in [-0.15, -0.1) is 0 Å². The number of halogens is 3. The van der Waals surface area contributed by atoms with Crippen molar-refractivity contribution < 1.29 is 22.7 Å². The first kappa shape index (κ1) is 11.5. The van der Waals surface area contributed by atoms with Gasteiger partial charge in [0.2, 0.25) is 0 Å². The largest absolute Gasteiger partial charge is 0.464 e. The molecule has 0 N–H and O–H groups in total. The predicted molar refractivity (Wildman–Crippen MR) is 45.3 cm³/mol. The minimum atomic E-state index is -4.45. The van der Waals surface area contributed by atoms with Gasteiger partial charge in [0.05, 0.1) is 18.4 Å².